The summed E-state index contributed by atoms with van der Waals surface area (Å²) in [5.41, 5.74) is 1.95. The van der Waals surface area contributed by atoms with Gasteiger partial charge in [-0.25, -0.2) is 4.79 Å². The van der Waals surface area contributed by atoms with E-state index < -0.39 is 0 Å². The van der Waals surface area contributed by atoms with Crippen LogP contribution >= 0.6 is 15.9 Å². The van der Waals surface area contributed by atoms with Crippen LogP contribution in [0, 0.1) is 12.3 Å². The number of urea groups is 1. The SMILES string of the molecule is C#CCOc1cc(CNC(=O)N(C)Cc2ccc(Br)cc2)ccc1OC. The van der Waals surface area contributed by atoms with Crippen LogP contribution in [0.5, 0.6) is 11.5 Å². The average Bonchev–Trinajstić information content (AvgIpc) is 2.66. The highest BCUT2D eigenvalue weighted by Gasteiger charge is 2.10. The minimum Gasteiger partial charge on any atom is -0.493 e. The van der Waals surface area contributed by atoms with Crippen LogP contribution in [0.15, 0.2) is 46.9 Å². The monoisotopic (exact) mass is 416 g/mol. The Kier molecular flexibility index (Phi) is 7.37. The van der Waals surface area contributed by atoms with Crippen molar-refractivity contribution in [2.45, 2.75) is 13.1 Å². The highest BCUT2D eigenvalue weighted by molar-refractivity contribution is 9.10. The molecule has 26 heavy (non-hydrogen) atoms. The highest BCUT2D eigenvalue weighted by atomic mass is 79.9. The van der Waals surface area contributed by atoms with Crippen molar-refractivity contribution in [2.75, 3.05) is 20.8 Å². The van der Waals surface area contributed by atoms with Crippen LogP contribution in [-0.2, 0) is 13.1 Å². The van der Waals surface area contributed by atoms with E-state index in [1.165, 1.54) is 0 Å². The second-order valence-electron chi connectivity index (χ2n) is 5.62. The molecule has 2 aromatic rings. The third-order valence-electron chi connectivity index (χ3n) is 3.66. The maximum absolute atomic E-state index is 12.3. The zero-order valence-corrected chi connectivity index (χ0v) is 16.4. The lowest BCUT2D eigenvalue weighted by atomic mass is 10.2. The van der Waals surface area contributed by atoms with Crippen molar-refractivity contribution in [3.8, 4) is 23.8 Å². The van der Waals surface area contributed by atoms with Crippen molar-refractivity contribution < 1.29 is 14.3 Å². The summed E-state index contributed by atoms with van der Waals surface area (Å²) in [6.45, 7) is 1.06. The normalized spacial score (nSPS) is 9.92. The molecule has 2 rings (SSSR count). The van der Waals surface area contributed by atoms with Crippen LogP contribution < -0.4 is 14.8 Å². The molecule has 0 fully saturated rings. The number of benzene rings is 2. The number of hydrogen-bond donors (Lipinski definition) is 1. The zero-order valence-electron chi connectivity index (χ0n) is 14.8. The number of nitrogens with one attached hydrogen (secondary N) is 1. The number of hydrogen-bond acceptors (Lipinski definition) is 3. The van der Waals surface area contributed by atoms with Gasteiger partial charge >= 0.3 is 6.03 Å². The fraction of sp³-hybridized carbons (Fsp3) is 0.250. The highest BCUT2D eigenvalue weighted by Crippen LogP contribution is 2.28. The van der Waals surface area contributed by atoms with E-state index in [0.29, 0.717) is 24.6 Å². The van der Waals surface area contributed by atoms with Crippen molar-refractivity contribution in [3.05, 3.63) is 58.1 Å². The Morgan fingerprint density at radius 1 is 1.19 bits per heavy atom. The molecule has 2 aromatic carbocycles. The summed E-state index contributed by atoms with van der Waals surface area (Å²) in [7, 11) is 3.32. The molecule has 0 bridgehead atoms. The molecule has 136 valence electrons. The molecular formula is C20H21BrN2O3. The second kappa shape index (κ2) is 9.73. The number of nitrogens with zero attached hydrogens (tertiary/aromatic N) is 1. The third-order valence-corrected chi connectivity index (χ3v) is 4.19. The molecule has 0 aliphatic heterocycles. The van der Waals surface area contributed by atoms with E-state index in [2.05, 4.69) is 27.2 Å². The van der Waals surface area contributed by atoms with Gasteiger partial charge in [-0.3, -0.25) is 0 Å². The summed E-state index contributed by atoms with van der Waals surface area (Å²) >= 11 is 3.40. The number of halogens is 1. The van der Waals surface area contributed by atoms with Gasteiger partial charge in [0.05, 0.1) is 7.11 Å². The van der Waals surface area contributed by atoms with Crippen LogP contribution in [0.4, 0.5) is 4.79 Å². The van der Waals surface area contributed by atoms with Gasteiger partial charge in [0.25, 0.3) is 0 Å². The largest absolute Gasteiger partial charge is 0.493 e. The molecule has 0 spiro atoms. The topological polar surface area (TPSA) is 50.8 Å². The molecule has 0 aliphatic carbocycles. The van der Waals surface area contributed by atoms with E-state index in [9.17, 15) is 4.79 Å². The first-order valence-corrected chi connectivity index (χ1v) is 8.79. The van der Waals surface area contributed by atoms with Crippen molar-refractivity contribution in [2.24, 2.45) is 0 Å². The lowest BCUT2D eigenvalue weighted by Crippen LogP contribution is -2.36. The van der Waals surface area contributed by atoms with Gasteiger partial charge in [-0.15, -0.1) is 6.42 Å². The third kappa shape index (κ3) is 5.71. The van der Waals surface area contributed by atoms with Crippen molar-refractivity contribution in [1.29, 1.82) is 0 Å². The smallest absolute Gasteiger partial charge is 0.317 e. The molecule has 0 aliphatic rings. The number of rotatable bonds is 7. The Hall–Kier alpha value is -2.65. The Balaban J connectivity index is 1.93. The quantitative estimate of drug-likeness (QED) is 0.698. The van der Waals surface area contributed by atoms with E-state index >= 15 is 0 Å². The number of amides is 2. The fourth-order valence-corrected chi connectivity index (χ4v) is 2.58. The number of ether oxygens (including phenoxy) is 2. The van der Waals surface area contributed by atoms with Crippen LogP contribution in [0.1, 0.15) is 11.1 Å². The maximum Gasteiger partial charge on any atom is 0.317 e. The number of carbonyl (C=O) groups is 1. The Morgan fingerprint density at radius 2 is 1.88 bits per heavy atom. The van der Waals surface area contributed by atoms with Crippen molar-refractivity contribution >= 4 is 22.0 Å². The van der Waals surface area contributed by atoms with Gasteiger partial charge in [0.2, 0.25) is 0 Å². The van der Waals surface area contributed by atoms with E-state index in [-0.39, 0.29) is 12.6 Å². The summed E-state index contributed by atoms with van der Waals surface area (Å²) in [6.07, 6.45) is 5.23. The summed E-state index contributed by atoms with van der Waals surface area (Å²) < 4.78 is 11.7. The molecule has 0 saturated carbocycles. The predicted octanol–water partition coefficient (Wildman–Crippen LogP) is 3.81. The lowest BCUT2D eigenvalue weighted by Gasteiger charge is -2.18. The molecule has 0 saturated heterocycles. The molecule has 5 nitrogen and oxygen atoms in total. The van der Waals surface area contributed by atoms with Gasteiger partial charge in [-0.2, -0.15) is 0 Å². The lowest BCUT2D eigenvalue weighted by molar-refractivity contribution is 0.206. The average molecular weight is 417 g/mol. The first-order chi connectivity index (χ1) is 12.5. The van der Waals surface area contributed by atoms with Gasteiger partial charge in [0.15, 0.2) is 11.5 Å². The summed E-state index contributed by atoms with van der Waals surface area (Å²) in [6, 6.07) is 13.2. The zero-order chi connectivity index (χ0) is 18.9. The molecule has 0 unspecified atom stereocenters. The predicted molar refractivity (Wildman–Crippen MR) is 105 cm³/mol. The number of carbonyl (C=O) groups excluding carboxylic acids is 1. The van der Waals surface area contributed by atoms with Gasteiger partial charge < -0.3 is 19.7 Å². The molecule has 0 atom stereocenters. The molecule has 0 radical (unpaired) electrons. The summed E-state index contributed by atoms with van der Waals surface area (Å²) in [4.78, 5) is 13.9. The Bertz CT molecular complexity index is 785. The Morgan fingerprint density at radius 3 is 2.54 bits per heavy atom. The minimum atomic E-state index is -0.158. The fourth-order valence-electron chi connectivity index (χ4n) is 2.31. The molecule has 0 aromatic heterocycles. The number of methoxy groups -OCH3 is 1. The van der Waals surface area contributed by atoms with Gasteiger partial charge in [0.1, 0.15) is 6.61 Å². The van der Waals surface area contributed by atoms with Gasteiger partial charge in [0, 0.05) is 24.6 Å². The standard InChI is InChI=1S/C20H21BrN2O3/c1-4-11-26-19-12-16(7-10-18(19)25-3)13-22-20(24)23(2)14-15-5-8-17(21)9-6-15/h1,5-10,12H,11,13-14H2,2-3H3,(H,22,24). The van der Waals surface area contributed by atoms with Crippen LogP contribution in [0.3, 0.4) is 0 Å². The molecular weight excluding hydrogens is 396 g/mol. The Labute approximate surface area is 162 Å². The van der Waals surface area contributed by atoms with Crippen LogP contribution in [0.2, 0.25) is 0 Å². The molecule has 6 heteroatoms. The van der Waals surface area contributed by atoms with Crippen molar-refractivity contribution in [3.63, 3.8) is 0 Å². The number of terminal acetylenes is 1. The summed E-state index contributed by atoms with van der Waals surface area (Å²) in [5, 5.41) is 2.89. The first-order valence-electron chi connectivity index (χ1n) is 8.00. The van der Waals surface area contributed by atoms with E-state index in [1.807, 2.05) is 36.4 Å². The molecule has 1 N–H and O–H groups in total. The second-order valence-corrected chi connectivity index (χ2v) is 6.53. The van der Waals surface area contributed by atoms with E-state index in [0.717, 1.165) is 15.6 Å². The summed E-state index contributed by atoms with van der Waals surface area (Å²) in [5.74, 6) is 3.58. The van der Waals surface area contributed by atoms with Crippen LogP contribution in [-0.4, -0.2) is 31.7 Å². The van der Waals surface area contributed by atoms with Crippen LogP contribution in [0.25, 0.3) is 0 Å². The molecule has 2 amide bonds. The van der Waals surface area contributed by atoms with Gasteiger partial charge in [-0.05, 0) is 35.4 Å². The van der Waals surface area contributed by atoms with E-state index in [4.69, 9.17) is 15.9 Å². The minimum absolute atomic E-state index is 0.155. The molecule has 0 heterocycles. The van der Waals surface area contributed by atoms with Gasteiger partial charge in [-0.1, -0.05) is 40.0 Å². The van der Waals surface area contributed by atoms with Crippen molar-refractivity contribution in [1.82, 2.24) is 10.2 Å². The maximum atomic E-state index is 12.3. The first kappa shape index (κ1) is 19.7. The van der Waals surface area contributed by atoms with E-state index in [1.54, 1.807) is 25.1 Å².